The van der Waals surface area contributed by atoms with Gasteiger partial charge in [0.1, 0.15) is 6.54 Å². The van der Waals surface area contributed by atoms with Gasteiger partial charge in [-0.1, -0.05) is 43.3 Å². The summed E-state index contributed by atoms with van der Waals surface area (Å²) in [6, 6.07) is 12.2. The SMILES string of the molecule is CCCN(CC(=O)O)S(=O)(=O)c1cccc2ccccc12. The van der Waals surface area contributed by atoms with Crippen LogP contribution in [0, 0.1) is 0 Å². The van der Waals surface area contributed by atoms with E-state index in [4.69, 9.17) is 5.11 Å². The minimum atomic E-state index is -3.83. The number of carboxylic acid groups (broad SMARTS) is 1. The second-order valence-corrected chi connectivity index (χ2v) is 6.62. The molecule has 0 bridgehead atoms. The van der Waals surface area contributed by atoms with E-state index in [-0.39, 0.29) is 11.4 Å². The summed E-state index contributed by atoms with van der Waals surface area (Å²) in [5, 5.41) is 10.3. The first-order valence-corrected chi connectivity index (χ1v) is 8.10. The lowest BCUT2D eigenvalue weighted by Gasteiger charge is -2.20. The van der Waals surface area contributed by atoms with Gasteiger partial charge in [-0.05, 0) is 17.9 Å². The number of nitrogens with zero attached hydrogens (tertiary/aromatic N) is 1. The van der Waals surface area contributed by atoms with Gasteiger partial charge < -0.3 is 5.11 Å². The first kappa shape index (κ1) is 15.5. The van der Waals surface area contributed by atoms with Crippen molar-refractivity contribution in [1.82, 2.24) is 4.31 Å². The van der Waals surface area contributed by atoms with Gasteiger partial charge in [-0.3, -0.25) is 4.79 Å². The summed E-state index contributed by atoms with van der Waals surface area (Å²) in [6.07, 6.45) is 0.553. The van der Waals surface area contributed by atoms with Crippen LogP contribution in [0.25, 0.3) is 10.8 Å². The lowest BCUT2D eigenvalue weighted by molar-refractivity contribution is -0.137. The van der Waals surface area contributed by atoms with Crippen LogP contribution in [0.2, 0.25) is 0 Å². The Morgan fingerprint density at radius 3 is 2.48 bits per heavy atom. The molecule has 6 heteroatoms. The minimum Gasteiger partial charge on any atom is -0.480 e. The predicted molar refractivity (Wildman–Crippen MR) is 80.6 cm³/mol. The summed E-state index contributed by atoms with van der Waals surface area (Å²) in [5.41, 5.74) is 0. The zero-order chi connectivity index (χ0) is 15.5. The maximum atomic E-state index is 12.7. The van der Waals surface area contributed by atoms with Crippen molar-refractivity contribution < 1.29 is 18.3 Å². The van der Waals surface area contributed by atoms with Crippen molar-refractivity contribution >= 4 is 26.8 Å². The van der Waals surface area contributed by atoms with Gasteiger partial charge in [0.25, 0.3) is 0 Å². The standard InChI is InChI=1S/C15H17NO4S/c1-2-10-16(11-15(17)18)21(19,20)14-9-5-7-12-6-3-4-8-13(12)14/h3-9H,2,10-11H2,1H3,(H,17,18). The molecule has 0 amide bonds. The Kier molecular flexibility index (Phi) is 4.59. The highest BCUT2D eigenvalue weighted by Gasteiger charge is 2.27. The van der Waals surface area contributed by atoms with E-state index in [0.717, 1.165) is 9.69 Å². The number of carboxylic acids is 1. The third-order valence-electron chi connectivity index (χ3n) is 3.15. The Hall–Kier alpha value is -1.92. The third-order valence-corrected chi connectivity index (χ3v) is 5.06. The highest BCUT2D eigenvalue weighted by Crippen LogP contribution is 2.25. The summed E-state index contributed by atoms with van der Waals surface area (Å²) in [7, 11) is -3.83. The smallest absolute Gasteiger partial charge is 0.318 e. The zero-order valence-corrected chi connectivity index (χ0v) is 12.5. The van der Waals surface area contributed by atoms with Crippen LogP contribution in [0.3, 0.4) is 0 Å². The maximum Gasteiger partial charge on any atom is 0.318 e. The highest BCUT2D eigenvalue weighted by molar-refractivity contribution is 7.89. The predicted octanol–water partition coefficient (Wildman–Crippen LogP) is 2.33. The summed E-state index contributed by atoms with van der Waals surface area (Å²) in [5.74, 6) is -1.16. The molecule has 0 spiro atoms. The summed E-state index contributed by atoms with van der Waals surface area (Å²) in [4.78, 5) is 11.1. The molecule has 2 rings (SSSR count). The Morgan fingerprint density at radius 1 is 1.14 bits per heavy atom. The van der Waals surface area contributed by atoms with Crippen LogP contribution in [0.4, 0.5) is 0 Å². The van der Waals surface area contributed by atoms with Crippen LogP contribution < -0.4 is 0 Å². The number of hydrogen-bond acceptors (Lipinski definition) is 3. The molecule has 0 aliphatic carbocycles. The number of hydrogen-bond donors (Lipinski definition) is 1. The summed E-state index contributed by atoms with van der Waals surface area (Å²) >= 11 is 0. The molecule has 0 heterocycles. The molecule has 1 N–H and O–H groups in total. The van der Waals surface area contributed by atoms with Crippen molar-refractivity contribution in [1.29, 1.82) is 0 Å². The molecule has 0 aliphatic heterocycles. The monoisotopic (exact) mass is 307 g/mol. The van der Waals surface area contributed by atoms with E-state index in [1.165, 1.54) is 6.07 Å². The highest BCUT2D eigenvalue weighted by atomic mass is 32.2. The van der Waals surface area contributed by atoms with E-state index in [2.05, 4.69) is 0 Å². The first-order chi connectivity index (χ1) is 9.96. The van der Waals surface area contributed by atoms with Crippen molar-refractivity contribution in [2.45, 2.75) is 18.2 Å². The fraction of sp³-hybridized carbons (Fsp3) is 0.267. The quantitative estimate of drug-likeness (QED) is 0.888. The van der Waals surface area contributed by atoms with E-state index in [1.54, 1.807) is 18.2 Å². The third kappa shape index (κ3) is 3.22. The van der Waals surface area contributed by atoms with E-state index in [9.17, 15) is 13.2 Å². The van der Waals surface area contributed by atoms with Crippen molar-refractivity contribution in [2.75, 3.05) is 13.1 Å². The van der Waals surface area contributed by atoms with Gasteiger partial charge in [0.05, 0.1) is 4.90 Å². The van der Waals surface area contributed by atoms with Crippen molar-refractivity contribution in [3.05, 3.63) is 42.5 Å². The zero-order valence-electron chi connectivity index (χ0n) is 11.7. The van der Waals surface area contributed by atoms with E-state index in [0.29, 0.717) is 11.8 Å². The fourth-order valence-electron chi connectivity index (χ4n) is 2.24. The second-order valence-electron chi connectivity index (χ2n) is 4.71. The Morgan fingerprint density at radius 2 is 1.81 bits per heavy atom. The van der Waals surface area contributed by atoms with Gasteiger partial charge in [0.2, 0.25) is 10.0 Å². The van der Waals surface area contributed by atoms with Crippen LogP contribution in [-0.2, 0) is 14.8 Å². The summed E-state index contributed by atoms with van der Waals surface area (Å²) < 4.78 is 26.5. The Balaban J connectivity index is 2.56. The topological polar surface area (TPSA) is 74.7 Å². The number of sulfonamides is 1. The molecule has 0 saturated carbocycles. The number of benzene rings is 2. The lowest BCUT2D eigenvalue weighted by atomic mass is 10.1. The molecule has 5 nitrogen and oxygen atoms in total. The van der Waals surface area contributed by atoms with Gasteiger partial charge in [-0.2, -0.15) is 4.31 Å². The fourth-order valence-corrected chi connectivity index (χ4v) is 3.94. The van der Waals surface area contributed by atoms with Gasteiger partial charge in [0.15, 0.2) is 0 Å². The van der Waals surface area contributed by atoms with Crippen LogP contribution in [0.5, 0.6) is 0 Å². The molecule has 0 aliphatic rings. The second kappa shape index (κ2) is 6.24. The average molecular weight is 307 g/mol. The molecule has 0 saturated heterocycles. The number of aliphatic carboxylic acids is 1. The van der Waals surface area contributed by atoms with Gasteiger partial charge in [0, 0.05) is 11.9 Å². The Labute approximate surface area is 123 Å². The average Bonchev–Trinajstić information content (AvgIpc) is 2.45. The van der Waals surface area contributed by atoms with Gasteiger partial charge in [-0.15, -0.1) is 0 Å². The van der Waals surface area contributed by atoms with Crippen LogP contribution in [0.1, 0.15) is 13.3 Å². The maximum absolute atomic E-state index is 12.7. The van der Waals surface area contributed by atoms with Crippen LogP contribution in [0.15, 0.2) is 47.4 Å². The molecule has 2 aromatic rings. The summed E-state index contributed by atoms with van der Waals surface area (Å²) in [6.45, 7) is 1.46. The van der Waals surface area contributed by atoms with Crippen LogP contribution >= 0.6 is 0 Å². The Bertz CT molecular complexity index is 750. The molecule has 0 aromatic heterocycles. The number of carbonyl (C=O) groups is 1. The van der Waals surface area contributed by atoms with E-state index in [1.807, 2.05) is 25.1 Å². The van der Waals surface area contributed by atoms with Gasteiger partial charge in [-0.25, -0.2) is 8.42 Å². The molecular weight excluding hydrogens is 290 g/mol. The first-order valence-electron chi connectivity index (χ1n) is 6.66. The van der Waals surface area contributed by atoms with Crippen molar-refractivity contribution in [3.8, 4) is 0 Å². The molecule has 0 fully saturated rings. The number of fused-ring (bicyclic) bond motifs is 1. The van der Waals surface area contributed by atoms with E-state index < -0.39 is 22.5 Å². The lowest BCUT2D eigenvalue weighted by Crippen LogP contribution is -2.36. The minimum absolute atomic E-state index is 0.148. The molecule has 0 atom stereocenters. The number of rotatable bonds is 6. The van der Waals surface area contributed by atoms with Crippen molar-refractivity contribution in [3.63, 3.8) is 0 Å². The molecule has 0 unspecified atom stereocenters. The molecule has 0 radical (unpaired) electrons. The van der Waals surface area contributed by atoms with Gasteiger partial charge >= 0.3 is 5.97 Å². The molecular formula is C15H17NO4S. The molecule has 112 valence electrons. The molecule has 2 aromatic carbocycles. The van der Waals surface area contributed by atoms with E-state index >= 15 is 0 Å². The normalized spacial score (nSPS) is 11.9. The molecule has 21 heavy (non-hydrogen) atoms. The van der Waals surface area contributed by atoms with Crippen molar-refractivity contribution in [2.24, 2.45) is 0 Å². The van der Waals surface area contributed by atoms with Crippen LogP contribution in [-0.4, -0.2) is 36.9 Å². The largest absolute Gasteiger partial charge is 0.480 e.